The third-order valence-corrected chi connectivity index (χ3v) is 2.83. The van der Waals surface area contributed by atoms with Crippen LogP contribution in [0.15, 0.2) is 52.1 Å². The lowest BCUT2D eigenvalue weighted by atomic mass is 10.2. The highest BCUT2D eigenvalue weighted by Crippen LogP contribution is 2.10. The van der Waals surface area contributed by atoms with Crippen LogP contribution >= 0.6 is 15.9 Å². The Morgan fingerprint density at radius 2 is 1.79 bits per heavy atom. The van der Waals surface area contributed by atoms with Gasteiger partial charge in [0.2, 0.25) is 0 Å². The molecule has 2 rings (SSSR count). The third kappa shape index (κ3) is 4.13. The molecular weight excluding hydrogens is 316 g/mol. The summed E-state index contributed by atoms with van der Waals surface area (Å²) in [5.74, 6) is -1.78. The zero-order valence-corrected chi connectivity index (χ0v) is 11.3. The van der Waals surface area contributed by atoms with Crippen LogP contribution in [0.2, 0.25) is 0 Å². The Labute approximate surface area is 117 Å². The van der Waals surface area contributed by atoms with E-state index in [0.29, 0.717) is 5.56 Å². The summed E-state index contributed by atoms with van der Waals surface area (Å²) in [5, 5.41) is 3.64. The van der Waals surface area contributed by atoms with E-state index in [0.717, 1.165) is 22.2 Å². The van der Waals surface area contributed by atoms with Gasteiger partial charge in [-0.1, -0.05) is 39.3 Å². The van der Waals surface area contributed by atoms with Crippen molar-refractivity contribution in [3.63, 3.8) is 0 Å². The van der Waals surface area contributed by atoms with E-state index < -0.39 is 11.6 Å². The smallest absolute Gasteiger partial charge is 0.159 e. The van der Waals surface area contributed by atoms with E-state index in [9.17, 15) is 8.78 Å². The normalized spacial score (nSPS) is 10.9. The van der Waals surface area contributed by atoms with Crippen LogP contribution in [-0.4, -0.2) is 6.21 Å². The first kappa shape index (κ1) is 13.7. The Morgan fingerprint density at radius 1 is 1.05 bits per heavy atom. The van der Waals surface area contributed by atoms with E-state index in [2.05, 4.69) is 27.3 Å². The lowest BCUT2D eigenvalue weighted by Gasteiger charge is -2.00. The van der Waals surface area contributed by atoms with Crippen molar-refractivity contribution >= 4 is 22.1 Å². The molecule has 0 heterocycles. The summed E-state index contributed by atoms with van der Waals surface area (Å²) in [6, 6.07) is 10.9. The van der Waals surface area contributed by atoms with Crippen molar-refractivity contribution in [2.24, 2.45) is 5.16 Å². The quantitative estimate of drug-likeness (QED) is 0.611. The maximum absolute atomic E-state index is 12.9. The fourth-order valence-corrected chi connectivity index (χ4v) is 1.61. The number of halogens is 3. The summed E-state index contributed by atoms with van der Waals surface area (Å²) < 4.78 is 26.6. The van der Waals surface area contributed by atoms with Gasteiger partial charge in [-0.15, -0.1) is 0 Å². The van der Waals surface area contributed by atoms with Gasteiger partial charge in [0.05, 0.1) is 0 Å². The minimum absolute atomic E-state index is 0.0563. The molecule has 2 aromatic carbocycles. The van der Waals surface area contributed by atoms with Gasteiger partial charge < -0.3 is 4.84 Å². The monoisotopic (exact) mass is 324 g/mol. The Balaban J connectivity index is 1.89. The van der Waals surface area contributed by atoms with Crippen LogP contribution in [0.1, 0.15) is 11.1 Å². The Kier molecular flexibility index (Phi) is 4.63. The highest BCUT2D eigenvalue weighted by molar-refractivity contribution is 9.10. The minimum Gasteiger partial charge on any atom is -0.390 e. The van der Waals surface area contributed by atoms with Crippen molar-refractivity contribution in [1.29, 1.82) is 0 Å². The number of nitrogens with zero attached hydrogens (tertiary/aromatic N) is 1. The Hall–Kier alpha value is -1.75. The van der Waals surface area contributed by atoms with Crippen LogP contribution in [0.3, 0.4) is 0 Å². The molecule has 97 valence electrons. The molecule has 0 aromatic heterocycles. The average Bonchev–Trinajstić information content (AvgIpc) is 2.41. The van der Waals surface area contributed by atoms with Gasteiger partial charge in [0.15, 0.2) is 11.6 Å². The molecule has 0 N–H and O–H groups in total. The second-order valence-electron chi connectivity index (χ2n) is 3.73. The fourth-order valence-electron chi connectivity index (χ4n) is 1.35. The van der Waals surface area contributed by atoms with Crippen LogP contribution in [0.4, 0.5) is 8.78 Å². The summed E-state index contributed by atoms with van der Waals surface area (Å²) >= 11 is 3.31. The van der Waals surface area contributed by atoms with Crippen LogP contribution in [0, 0.1) is 11.6 Å². The summed E-state index contributed by atoms with van der Waals surface area (Å²) in [7, 11) is 0. The SMILES string of the molecule is Fc1ccc(CO/N=[C]\c2ccc(Br)cc2)cc1F. The molecule has 0 aliphatic heterocycles. The van der Waals surface area contributed by atoms with Crippen LogP contribution < -0.4 is 0 Å². The molecule has 5 heteroatoms. The molecule has 0 bridgehead atoms. The predicted octanol–water partition coefficient (Wildman–Crippen LogP) is 4.16. The molecule has 0 atom stereocenters. The second-order valence-corrected chi connectivity index (χ2v) is 4.65. The molecule has 0 aliphatic carbocycles. The molecule has 0 aliphatic rings. The highest BCUT2D eigenvalue weighted by Gasteiger charge is 2.02. The number of rotatable bonds is 4. The first-order valence-corrected chi connectivity index (χ1v) is 6.22. The first-order valence-electron chi connectivity index (χ1n) is 5.42. The van der Waals surface area contributed by atoms with Gasteiger partial charge in [-0.2, -0.15) is 0 Å². The van der Waals surface area contributed by atoms with Gasteiger partial charge in [0, 0.05) is 10.0 Å². The molecule has 1 radical (unpaired) electrons. The summed E-state index contributed by atoms with van der Waals surface area (Å²) in [6.07, 6.45) is 2.68. The molecule has 0 unspecified atom stereocenters. The molecule has 0 saturated carbocycles. The maximum Gasteiger partial charge on any atom is 0.159 e. The van der Waals surface area contributed by atoms with Crippen LogP contribution in [0.25, 0.3) is 0 Å². The fraction of sp³-hybridized carbons (Fsp3) is 0.0714. The lowest BCUT2D eigenvalue weighted by Crippen LogP contribution is -1.91. The van der Waals surface area contributed by atoms with Crippen molar-refractivity contribution in [3.05, 3.63) is 69.7 Å². The number of hydrogen-bond acceptors (Lipinski definition) is 2. The number of hydrogen-bond donors (Lipinski definition) is 0. The molecule has 2 nitrogen and oxygen atoms in total. The van der Waals surface area contributed by atoms with Crippen LogP contribution in [0.5, 0.6) is 0 Å². The zero-order chi connectivity index (χ0) is 13.7. The zero-order valence-electron chi connectivity index (χ0n) is 9.74. The van der Waals surface area contributed by atoms with E-state index in [1.54, 1.807) is 0 Å². The maximum atomic E-state index is 12.9. The molecular formula is C14H9BrF2NO. The molecule has 0 saturated heterocycles. The van der Waals surface area contributed by atoms with Gasteiger partial charge in [-0.05, 0) is 29.8 Å². The largest absolute Gasteiger partial charge is 0.390 e. The molecule has 19 heavy (non-hydrogen) atoms. The van der Waals surface area contributed by atoms with Crippen LogP contribution in [-0.2, 0) is 11.4 Å². The van der Waals surface area contributed by atoms with Crippen molar-refractivity contribution in [1.82, 2.24) is 0 Å². The average molecular weight is 325 g/mol. The summed E-state index contributed by atoms with van der Waals surface area (Å²) in [5.41, 5.74) is 1.26. The Morgan fingerprint density at radius 3 is 2.47 bits per heavy atom. The first-order chi connectivity index (χ1) is 9.15. The topological polar surface area (TPSA) is 21.6 Å². The van der Waals surface area contributed by atoms with E-state index >= 15 is 0 Å². The van der Waals surface area contributed by atoms with E-state index in [4.69, 9.17) is 4.84 Å². The van der Waals surface area contributed by atoms with Crippen molar-refractivity contribution < 1.29 is 13.6 Å². The Bertz CT molecular complexity index is 584. The second kappa shape index (κ2) is 6.43. The molecule has 0 amide bonds. The standard InChI is InChI=1S/C14H9BrF2NO/c15-12-4-1-10(2-5-12)8-18-19-9-11-3-6-13(16)14(17)7-11/h1-7H,9H2. The van der Waals surface area contributed by atoms with Crippen molar-refractivity contribution in [3.8, 4) is 0 Å². The van der Waals surface area contributed by atoms with Gasteiger partial charge in [-0.3, -0.25) is 0 Å². The molecule has 0 spiro atoms. The minimum atomic E-state index is -0.901. The summed E-state index contributed by atoms with van der Waals surface area (Å²) in [6.45, 7) is 0.0563. The van der Waals surface area contributed by atoms with Gasteiger partial charge in [-0.25, -0.2) is 8.78 Å². The highest BCUT2D eigenvalue weighted by atomic mass is 79.9. The van der Waals surface area contributed by atoms with Gasteiger partial charge in [0.1, 0.15) is 12.8 Å². The van der Waals surface area contributed by atoms with Gasteiger partial charge >= 0.3 is 0 Å². The molecule has 0 fully saturated rings. The lowest BCUT2D eigenvalue weighted by molar-refractivity contribution is 0.132. The van der Waals surface area contributed by atoms with Crippen molar-refractivity contribution in [2.75, 3.05) is 0 Å². The van der Waals surface area contributed by atoms with Gasteiger partial charge in [0.25, 0.3) is 0 Å². The predicted molar refractivity (Wildman–Crippen MR) is 71.8 cm³/mol. The van der Waals surface area contributed by atoms with E-state index in [-0.39, 0.29) is 6.61 Å². The van der Waals surface area contributed by atoms with Crippen molar-refractivity contribution in [2.45, 2.75) is 6.61 Å². The summed E-state index contributed by atoms with van der Waals surface area (Å²) in [4.78, 5) is 4.96. The van der Waals surface area contributed by atoms with E-state index in [1.807, 2.05) is 24.3 Å². The number of benzene rings is 2. The van der Waals surface area contributed by atoms with E-state index in [1.165, 1.54) is 6.07 Å². The molecule has 2 aromatic rings. The third-order valence-electron chi connectivity index (χ3n) is 2.30.